The van der Waals surface area contributed by atoms with Crippen molar-refractivity contribution >= 4 is 7.69 Å². The number of benzene rings is 1. The minimum Gasteiger partial charge on any atom is -0.537 e. The second kappa shape index (κ2) is 3.84. The molecule has 1 N–H and O–H groups in total. The Labute approximate surface area is 79.9 Å². The molecule has 2 nitrogen and oxygen atoms in total. The van der Waals surface area contributed by atoms with E-state index in [9.17, 15) is 0 Å². The van der Waals surface area contributed by atoms with Crippen LogP contribution in [0.1, 0.15) is 26.3 Å². The predicted molar refractivity (Wildman–Crippen MR) is 53.7 cm³/mol. The lowest BCUT2D eigenvalue weighted by atomic mass is 9.87. The van der Waals surface area contributed by atoms with Gasteiger partial charge in [0.25, 0.3) is 0 Å². The predicted octanol–water partition coefficient (Wildman–Crippen LogP) is 1.89. The molecule has 0 fully saturated rings. The summed E-state index contributed by atoms with van der Waals surface area (Å²) < 4.78 is 4.87. The van der Waals surface area contributed by atoms with Crippen LogP contribution in [0.2, 0.25) is 0 Å². The van der Waals surface area contributed by atoms with Crippen molar-refractivity contribution in [3.05, 3.63) is 29.8 Å². The van der Waals surface area contributed by atoms with Crippen molar-refractivity contribution in [2.45, 2.75) is 26.2 Å². The van der Waals surface area contributed by atoms with E-state index >= 15 is 0 Å². The minimum absolute atomic E-state index is 0.106. The zero-order valence-electron chi connectivity index (χ0n) is 8.24. The zero-order chi connectivity index (χ0) is 9.90. The normalized spacial score (nSPS) is 11.1. The first kappa shape index (κ1) is 10.1. The third kappa shape index (κ3) is 2.78. The first-order valence-corrected chi connectivity index (χ1v) is 4.27. The van der Waals surface area contributed by atoms with Crippen LogP contribution in [0, 0.1) is 0 Å². The summed E-state index contributed by atoms with van der Waals surface area (Å²) in [5.41, 5.74) is 1.29. The molecular weight excluding hydrogens is 163 g/mol. The first-order chi connectivity index (χ1) is 6.04. The van der Waals surface area contributed by atoms with Gasteiger partial charge in [-0.05, 0) is 23.1 Å². The second-order valence-electron chi connectivity index (χ2n) is 4.00. The summed E-state index contributed by atoms with van der Waals surface area (Å²) >= 11 is 0. The Kier molecular flexibility index (Phi) is 2.99. The summed E-state index contributed by atoms with van der Waals surface area (Å²) in [6.45, 7) is 6.40. The summed E-state index contributed by atoms with van der Waals surface area (Å²) in [5, 5.41) is 8.47. The lowest BCUT2D eigenvalue weighted by Gasteiger charge is -2.19. The van der Waals surface area contributed by atoms with Gasteiger partial charge in [-0.25, -0.2) is 0 Å². The van der Waals surface area contributed by atoms with Crippen LogP contribution in [-0.4, -0.2) is 12.7 Å². The quantitative estimate of drug-likeness (QED) is 0.699. The van der Waals surface area contributed by atoms with Crippen LogP contribution in [-0.2, 0) is 5.41 Å². The average Bonchev–Trinajstić information content (AvgIpc) is 2.04. The Bertz CT molecular complexity index is 278. The largest absolute Gasteiger partial charge is 0.569 e. The molecule has 0 aromatic heterocycles. The molecule has 1 aromatic rings. The molecule has 0 saturated carbocycles. The van der Waals surface area contributed by atoms with E-state index in [1.54, 1.807) is 0 Å². The summed E-state index contributed by atoms with van der Waals surface area (Å²) in [7, 11) is 0.696. The number of rotatable bonds is 2. The van der Waals surface area contributed by atoms with Crippen molar-refractivity contribution in [1.29, 1.82) is 0 Å². The highest BCUT2D eigenvalue weighted by molar-refractivity contribution is 6.17. The van der Waals surface area contributed by atoms with Crippen molar-refractivity contribution in [2.24, 2.45) is 0 Å². The molecule has 0 aliphatic rings. The molecule has 0 bridgehead atoms. The summed E-state index contributed by atoms with van der Waals surface area (Å²) in [6, 6.07) is 7.69. The molecule has 3 heteroatoms. The SMILES string of the molecule is CC(C)(C)c1cccc(O[B]O)c1. The summed E-state index contributed by atoms with van der Waals surface area (Å²) in [4.78, 5) is 0. The standard InChI is InChI=1S/C10H14BO2/c1-10(2,3)8-5-4-6-9(7-8)13-11-12/h4-7,12H,1-3H3. The Morgan fingerprint density at radius 1 is 1.31 bits per heavy atom. The molecule has 0 saturated heterocycles. The molecule has 69 valence electrons. The fraction of sp³-hybridized carbons (Fsp3) is 0.400. The first-order valence-electron chi connectivity index (χ1n) is 4.27. The zero-order valence-corrected chi connectivity index (χ0v) is 8.24. The maximum atomic E-state index is 8.47. The third-order valence-corrected chi connectivity index (χ3v) is 1.89. The van der Waals surface area contributed by atoms with Crippen LogP contribution in [0.15, 0.2) is 24.3 Å². The van der Waals surface area contributed by atoms with Crippen molar-refractivity contribution in [3.8, 4) is 5.75 Å². The van der Waals surface area contributed by atoms with Gasteiger partial charge in [0, 0.05) is 0 Å². The molecular formula is C10H14BO2. The van der Waals surface area contributed by atoms with Gasteiger partial charge in [0.05, 0.1) is 0 Å². The Balaban J connectivity index is 2.92. The van der Waals surface area contributed by atoms with Gasteiger partial charge in [-0.1, -0.05) is 32.9 Å². The van der Waals surface area contributed by atoms with Gasteiger partial charge >= 0.3 is 7.69 Å². The topological polar surface area (TPSA) is 29.5 Å². The highest BCUT2D eigenvalue weighted by Gasteiger charge is 2.13. The molecule has 1 rings (SSSR count). The minimum atomic E-state index is 0.106. The summed E-state index contributed by atoms with van der Waals surface area (Å²) in [6.07, 6.45) is 0. The molecule has 13 heavy (non-hydrogen) atoms. The van der Waals surface area contributed by atoms with Gasteiger partial charge in [-0.3, -0.25) is 0 Å². The molecule has 0 unspecified atom stereocenters. The van der Waals surface area contributed by atoms with E-state index in [1.165, 1.54) is 5.56 Å². The number of hydrogen-bond donors (Lipinski definition) is 1. The number of hydrogen-bond acceptors (Lipinski definition) is 2. The van der Waals surface area contributed by atoms with E-state index < -0.39 is 0 Å². The van der Waals surface area contributed by atoms with Crippen molar-refractivity contribution in [3.63, 3.8) is 0 Å². The molecule has 0 atom stereocenters. The van der Waals surface area contributed by atoms with Crippen molar-refractivity contribution < 1.29 is 9.68 Å². The van der Waals surface area contributed by atoms with E-state index in [0.717, 1.165) is 0 Å². The van der Waals surface area contributed by atoms with Crippen LogP contribution in [0.5, 0.6) is 5.75 Å². The van der Waals surface area contributed by atoms with E-state index in [2.05, 4.69) is 20.8 Å². The highest BCUT2D eigenvalue weighted by atomic mass is 16.5. The molecule has 1 radical (unpaired) electrons. The molecule has 1 aromatic carbocycles. The van der Waals surface area contributed by atoms with E-state index in [0.29, 0.717) is 13.4 Å². The Morgan fingerprint density at radius 2 is 2.00 bits per heavy atom. The van der Waals surface area contributed by atoms with E-state index in [4.69, 9.17) is 9.68 Å². The molecule has 0 aliphatic carbocycles. The van der Waals surface area contributed by atoms with Crippen LogP contribution in [0.25, 0.3) is 0 Å². The van der Waals surface area contributed by atoms with Crippen LogP contribution in [0.3, 0.4) is 0 Å². The maximum Gasteiger partial charge on any atom is 0.569 e. The fourth-order valence-electron chi connectivity index (χ4n) is 1.10. The molecule has 0 heterocycles. The van der Waals surface area contributed by atoms with E-state index in [-0.39, 0.29) is 5.41 Å². The summed E-state index contributed by atoms with van der Waals surface area (Å²) in [5.74, 6) is 0.662. The van der Waals surface area contributed by atoms with Gasteiger partial charge in [-0.2, -0.15) is 0 Å². The molecule has 0 aliphatic heterocycles. The maximum absolute atomic E-state index is 8.47. The van der Waals surface area contributed by atoms with Crippen molar-refractivity contribution in [2.75, 3.05) is 0 Å². The van der Waals surface area contributed by atoms with Gasteiger partial charge in [-0.15, -0.1) is 0 Å². The lowest BCUT2D eigenvalue weighted by Crippen LogP contribution is -2.11. The van der Waals surface area contributed by atoms with Crippen LogP contribution >= 0.6 is 0 Å². The average molecular weight is 177 g/mol. The molecule has 0 amide bonds. The van der Waals surface area contributed by atoms with Crippen molar-refractivity contribution in [1.82, 2.24) is 0 Å². The smallest absolute Gasteiger partial charge is 0.537 e. The van der Waals surface area contributed by atoms with Crippen LogP contribution in [0.4, 0.5) is 0 Å². The van der Waals surface area contributed by atoms with Gasteiger partial charge < -0.3 is 9.68 Å². The second-order valence-corrected chi connectivity index (χ2v) is 4.00. The van der Waals surface area contributed by atoms with Crippen LogP contribution < -0.4 is 4.65 Å². The fourth-order valence-corrected chi connectivity index (χ4v) is 1.10. The third-order valence-electron chi connectivity index (χ3n) is 1.89. The molecule has 0 spiro atoms. The van der Waals surface area contributed by atoms with Gasteiger partial charge in [0.15, 0.2) is 0 Å². The monoisotopic (exact) mass is 177 g/mol. The van der Waals surface area contributed by atoms with Gasteiger partial charge in [0.2, 0.25) is 0 Å². The lowest BCUT2D eigenvalue weighted by molar-refractivity contribution is 0.452. The van der Waals surface area contributed by atoms with E-state index in [1.807, 2.05) is 24.3 Å². The Morgan fingerprint density at radius 3 is 2.54 bits per heavy atom. The van der Waals surface area contributed by atoms with Gasteiger partial charge in [0.1, 0.15) is 5.75 Å². The highest BCUT2D eigenvalue weighted by Crippen LogP contribution is 2.25. The Hall–Kier alpha value is -0.955.